The van der Waals surface area contributed by atoms with E-state index in [0.29, 0.717) is 28.1 Å². The van der Waals surface area contributed by atoms with Crippen LogP contribution in [-0.4, -0.2) is 41.2 Å². The quantitative estimate of drug-likeness (QED) is 0.463. The predicted molar refractivity (Wildman–Crippen MR) is 104 cm³/mol. The minimum Gasteiger partial charge on any atom is -0.467 e. The van der Waals surface area contributed by atoms with E-state index in [1.807, 2.05) is 16.7 Å². The number of benzene rings is 1. The van der Waals surface area contributed by atoms with E-state index in [0.717, 1.165) is 5.76 Å². The Morgan fingerprint density at radius 3 is 3.00 bits per heavy atom. The molecule has 3 heterocycles. The maximum Gasteiger partial charge on any atom is 0.234 e. The molecule has 1 N–H and O–H groups in total. The Morgan fingerprint density at radius 2 is 2.21 bits per heavy atom. The first-order valence-corrected chi connectivity index (χ1v) is 9.53. The van der Waals surface area contributed by atoms with Crippen molar-refractivity contribution in [3.8, 4) is 5.69 Å². The van der Waals surface area contributed by atoms with Gasteiger partial charge in [-0.15, -0.1) is 10.2 Å². The third kappa shape index (κ3) is 4.24. The lowest BCUT2D eigenvalue weighted by Crippen LogP contribution is -2.16. The SMILES string of the molecule is O=C(CSc1nncn1Cc1ccco1)Nc1cc(Cl)ccc1-n1cncn1. The number of aromatic nitrogens is 6. The van der Waals surface area contributed by atoms with Crippen LogP contribution in [0.2, 0.25) is 5.02 Å². The van der Waals surface area contributed by atoms with Crippen molar-refractivity contribution < 1.29 is 9.21 Å². The van der Waals surface area contributed by atoms with E-state index in [4.69, 9.17) is 16.0 Å². The number of furan rings is 1. The molecule has 0 radical (unpaired) electrons. The number of nitrogens with one attached hydrogen (secondary N) is 1. The number of amides is 1. The summed E-state index contributed by atoms with van der Waals surface area (Å²) in [6, 6.07) is 8.84. The van der Waals surface area contributed by atoms with Crippen LogP contribution in [0.4, 0.5) is 5.69 Å². The fourth-order valence-corrected chi connectivity index (χ4v) is 3.38. The third-order valence-corrected chi connectivity index (χ3v) is 4.93. The minimum atomic E-state index is -0.207. The fourth-order valence-electron chi connectivity index (χ4n) is 2.49. The van der Waals surface area contributed by atoms with Gasteiger partial charge in [0, 0.05) is 5.02 Å². The van der Waals surface area contributed by atoms with Crippen LogP contribution in [0.5, 0.6) is 0 Å². The van der Waals surface area contributed by atoms with Crippen LogP contribution in [0.3, 0.4) is 0 Å². The van der Waals surface area contributed by atoms with E-state index >= 15 is 0 Å². The number of thioether (sulfide) groups is 1. The van der Waals surface area contributed by atoms with E-state index in [1.54, 1.807) is 41.8 Å². The van der Waals surface area contributed by atoms with Crippen molar-refractivity contribution in [3.63, 3.8) is 0 Å². The van der Waals surface area contributed by atoms with E-state index in [1.165, 1.54) is 18.1 Å². The van der Waals surface area contributed by atoms with Crippen molar-refractivity contribution >= 4 is 35.0 Å². The molecule has 0 fully saturated rings. The van der Waals surface area contributed by atoms with Crippen molar-refractivity contribution in [2.24, 2.45) is 0 Å². The first kappa shape index (κ1) is 18.3. The minimum absolute atomic E-state index is 0.153. The molecule has 1 aromatic carbocycles. The molecule has 1 amide bonds. The molecular weight excluding hydrogens is 402 g/mol. The number of hydrogen-bond acceptors (Lipinski definition) is 7. The average molecular weight is 416 g/mol. The number of anilines is 1. The molecule has 0 atom stereocenters. The van der Waals surface area contributed by atoms with Gasteiger partial charge < -0.3 is 14.3 Å². The highest BCUT2D eigenvalue weighted by Gasteiger charge is 2.13. The number of halogens is 1. The summed E-state index contributed by atoms with van der Waals surface area (Å²) < 4.78 is 8.71. The molecular formula is C17H14ClN7O2S. The molecule has 0 unspecified atom stereocenters. The second kappa shape index (κ2) is 8.28. The predicted octanol–water partition coefficient (Wildman–Crippen LogP) is 2.88. The summed E-state index contributed by atoms with van der Waals surface area (Å²) >= 11 is 7.35. The summed E-state index contributed by atoms with van der Waals surface area (Å²) in [4.78, 5) is 16.4. The molecule has 0 saturated carbocycles. The molecule has 9 nitrogen and oxygen atoms in total. The van der Waals surface area contributed by atoms with Gasteiger partial charge in [-0.05, 0) is 30.3 Å². The highest BCUT2D eigenvalue weighted by atomic mass is 35.5. The molecule has 4 rings (SSSR count). The summed E-state index contributed by atoms with van der Waals surface area (Å²) in [5.41, 5.74) is 1.21. The fraction of sp³-hybridized carbons (Fsp3) is 0.118. The van der Waals surface area contributed by atoms with Crippen molar-refractivity contribution in [3.05, 3.63) is 66.4 Å². The van der Waals surface area contributed by atoms with Gasteiger partial charge in [0.15, 0.2) is 5.16 Å². The Morgan fingerprint density at radius 1 is 1.29 bits per heavy atom. The molecule has 0 aliphatic rings. The zero-order chi connectivity index (χ0) is 19.3. The Labute approximate surface area is 168 Å². The highest BCUT2D eigenvalue weighted by molar-refractivity contribution is 7.99. The van der Waals surface area contributed by atoms with Gasteiger partial charge in [0.2, 0.25) is 5.91 Å². The van der Waals surface area contributed by atoms with Crippen LogP contribution in [0.25, 0.3) is 5.69 Å². The van der Waals surface area contributed by atoms with Gasteiger partial charge in [0.25, 0.3) is 0 Å². The zero-order valence-electron chi connectivity index (χ0n) is 14.4. The van der Waals surface area contributed by atoms with Crippen LogP contribution in [0.1, 0.15) is 5.76 Å². The molecule has 3 aromatic heterocycles. The molecule has 28 heavy (non-hydrogen) atoms. The number of rotatable bonds is 7. The summed E-state index contributed by atoms with van der Waals surface area (Å²) in [5, 5.41) is 16.0. The Kier molecular flexibility index (Phi) is 5.40. The van der Waals surface area contributed by atoms with Gasteiger partial charge in [-0.3, -0.25) is 4.79 Å². The van der Waals surface area contributed by atoms with E-state index < -0.39 is 0 Å². The summed E-state index contributed by atoms with van der Waals surface area (Å²) in [6.45, 7) is 0.495. The van der Waals surface area contributed by atoms with Crippen molar-refractivity contribution in [1.82, 2.24) is 29.5 Å². The zero-order valence-corrected chi connectivity index (χ0v) is 16.0. The van der Waals surface area contributed by atoms with Crippen LogP contribution in [0.15, 0.2) is 65.2 Å². The summed E-state index contributed by atoms with van der Waals surface area (Å²) in [7, 11) is 0. The monoisotopic (exact) mass is 415 g/mol. The molecule has 0 aliphatic carbocycles. The molecule has 0 spiro atoms. The van der Waals surface area contributed by atoms with Gasteiger partial charge in [-0.25, -0.2) is 9.67 Å². The number of nitrogens with zero attached hydrogens (tertiary/aromatic N) is 6. The Bertz CT molecular complexity index is 1060. The maximum absolute atomic E-state index is 12.5. The Balaban J connectivity index is 1.42. The third-order valence-electron chi connectivity index (χ3n) is 3.72. The highest BCUT2D eigenvalue weighted by Crippen LogP contribution is 2.24. The smallest absolute Gasteiger partial charge is 0.234 e. The molecule has 0 aliphatic heterocycles. The normalized spacial score (nSPS) is 10.9. The van der Waals surface area contributed by atoms with Gasteiger partial charge in [-0.1, -0.05) is 23.4 Å². The van der Waals surface area contributed by atoms with Crippen LogP contribution in [0, 0.1) is 0 Å². The standard InChI is InChI=1S/C17H14ClN7O2S/c18-12-3-4-15(25-10-19-9-21-25)14(6-12)22-16(26)8-28-17-23-20-11-24(17)7-13-2-1-5-27-13/h1-6,9-11H,7-8H2,(H,22,26). The van der Waals surface area contributed by atoms with E-state index in [9.17, 15) is 4.79 Å². The summed E-state index contributed by atoms with van der Waals surface area (Å²) in [5.74, 6) is 0.726. The van der Waals surface area contributed by atoms with Crippen LogP contribution >= 0.6 is 23.4 Å². The lowest BCUT2D eigenvalue weighted by atomic mass is 10.2. The van der Waals surface area contributed by atoms with Crippen molar-refractivity contribution in [2.45, 2.75) is 11.7 Å². The second-order valence-electron chi connectivity index (χ2n) is 5.66. The first-order valence-electron chi connectivity index (χ1n) is 8.16. The maximum atomic E-state index is 12.5. The molecule has 0 saturated heterocycles. The second-order valence-corrected chi connectivity index (χ2v) is 7.04. The number of carbonyl (C=O) groups is 1. The van der Waals surface area contributed by atoms with E-state index in [2.05, 4.69) is 25.6 Å². The first-order chi connectivity index (χ1) is 13.7. The largest absolute Gasteiger partial charge is 0.467 e. The van der Waals surface area contributed by atoms with Gasteiger partial charge >= 0.3 is 0 Å². The van der Waals surface area contributed by atoms with Gasteiger partial charge in [-0.2, -0.15) is 5.10 Å². The molecule has 4 aromatic rings. The van der Waals surface area contributed by atoms with Crippen molar-refractivity contribution in [1.29, 1.82) is 0 Å². The van der Waals surface area contributed by atoms with Gasteiger partial charge in [0.05, 0.1) is 29.9 Å². The van der Waals surface area contributed by atoms with Crippen LogP contribution < -0.4 is 5.32 Å². The molecule has 0 bridgehead atoms. The Hall–Kier alpha value is -3.11. The topological polar surface area (TPSA) is 104 Å². The lowest BCUT2D eigenvalue weighted by Gasteiger charge is -2.11. The summed E-state index contributed by atoms with van der Waals surface area (Å²) in [6.07, 6.45) is 6.17. The van der Waals surface area contributed by atoms with Gasteiger partial charge in [0.1, 0.15) is 24.7 Å². The molecule has 142 valence electrons. The van der Waals surface area contributed by atoms with E-state index in [-0.39, 0.29) is 11.7 Å². The molecule has 11 heteroatoms. The lowest BCUT2D eigenvalue weighted by molar-refractivity contribution is -0.113. The number of carbonyl (C=O) groups excluding carboxylic acids is 1. The van der Waals surface area contributed by atoms with Crippen LogP contribution in [-0.2, 0) is 11.3 Å². The van der Waals surface area contributed by atoms with Crippen molar-refractivity contribution in [2.75, 3.05) is 11.1 Å². The average Bonchev–Trinajstić information content (AvgIpc) is 3.44. The number of hydrogen-bond donors (Lipinski definition) is 1.